The zero-order valence-electron chi connectivity index (χ0n) is 13.7. The lowest BCUT2D eigenvalue weighted by Gasteiger charge is -2.08. The summed E-state index contributed by atoms with van der Waals surface area (Å²) in [6.07, 6.45) is 1.36. The normalized spacial score (nSPS) is 10.6. The molecule has 2 aromatic rings. The minimum Gasteiger partial charge on any atom is -0.326 e. The molecule has 0 saturated heterocycles. The Hall–Kier alpha value is -1.84. The highest BCUT2D eigenvalue weighted by Gasteiger charge is 2.03. The maximum absolute atomic E-state index is 11.9. The van der Waals surface area contributed by atoms with Crippen molar-refractivity contribution in [1.82, 2.24) is 5.32 Å². The summed E-state index contributed by atoms with van der Waals surface area (Å²) in [5.74, 6) is 0.0310. The summed E-state index contributed by atoms with van der Waals surface area (Å²) in [5, 5.41) is 6.98. The van der Waals surface area contributed by atoms with Crippen molar-refractivity contribution >= 4 is 23.2 Å². The highest BCUT2D eigenvalue weighted by molar-refractivity contribution is 6.30. The van der Waals surface area contributed by atoms with Crippen molar-refractivity contribution in [1.29, 1.82) is 0 Å². The summed E-state index contributed by atoms with van der Waals surface area (Å²) in [4.78, 5) is 11.9. The number of hydrogen-bond donors (Lipinski definition) is 2. The van der Waals surface area contributed by atoms with E-state index in [0.717, 1.165) is 23.7 Å². The molecule has 0 radical (unpaired) electrons. The standard InChI is InChI=1S/C19H23ClN2O/c1-14-6-7-18(12-15(14)2)22-19(23)9-11-21-10-8-16-4-3-5-17(20)13-16/h3-7,12-13,21H,8-11H2,1-2H3,(H,22,23). The average molecular weight is 331 g/mol. The molecule has 2 N–H and O–H groups in total. The molecule has 3 nitrogen and oxygen atoms in total. The van der Waals surface area contributed by atoms with Crippen LogP contribution in [-0.2, 0) is 11.2 Å². The van der Waals surface area contributed by atoms with E-state index < -0.39 is 0 Å². The second-order valence-electron chi connectivity index (χ2n) is 5.73. The second-order valence-corrected chi connectivity index (χ2v) is 6.16. The van der Waals surface area contributed by atoms with E-state index in [4.69, 9.17) is 11.6 Å². The molecular formula is C19H23ClN2O. The van der Waals surface area contributed by atoms with Gasteiger partial charge in [0, 0.05) is 23.7 Å². The zero-order valence-corrected chi connectivity index (χ0v) is 14.4. The summed E-state index contributed by atoms with van der Waals surface area (Å²) in [7, 11) is 0. The van der Waals surface area contributed by atoms with Crippen molar-refractivity contribution in [3.8, 4) is 0 Å². The second kappa shape index (κ2) is 8.70. The lowest BCUT2D eigenvalue weighted by Crippen LogP contribution is -2.23. The first-order chi connectivity index (χ1) is 11.0. The van der Waals surface area contributed by atoms with Crippen LogP contribution in [-0.4, -0.2) is 19.0 Å². The van der Waals surface area contributed by atoms with Gasteiger partial charge in [-0.3, -0.25) is 4.79 Å². The molecule has 0 aromatic heterocycles. The van der Waals surface area contributed by atoms with Crippen molar-refractivity contribution < 1.29 is 4.79 Å². The minimum atomic E-state index is 0.0310. The molecule has 122 valence electrons. The fourth-order valence-corrected chi connectivity index (χ4v) is 2.51. The zero-order chi connectivity index (χ0) is 16.7. The van der Waals surface area contributed by atoms with Crippen molar-refractivity contribution in [2.45, 2.75) is 26.7 Å². The number of carbonyl (C=O) groups is 1. The van der Waals surface area contributed by atoms with E-state index >= 15 is 0 Å². The third kappa shape index (κ3) is 6.05. The molecule has 0 heterocycles. The van der Waals surface area contributed by atoms with Gasteiger partial charge in [-0.1, -0.05) is 29.8 Å². The molecular weight excluding hydrogens is 308 g/mol. The fourth-order valence-electron chi connectivity index (χ4n) is 2.29. The van der Waals surface area contributed by atoms with Gasteiger partial charge in [0.2, 0.25) is 5.91 Å². The van der Waals surface area contributed by atoms with Gasteiger partial charge in [0.25, 0.3) is 0 Å². The van der Waals surface area contributed by atoms with Crippen LogP contribution in [0.15, 0.2) is 42.5 Å². The van der Waals surface area contributed by atoms with E-state index in [-0.39, 0.29) is 5.91 Å². The third-order valence-corrected chi connectivity index (χ3v) is 4.03. The molecule has 0 saturated carbocycles. The van der Waals surface area contributed by atoms with Gasteiger partial charge in [-0.25, -0.2) is 0 Å². The Labute approximate surface area is 143 Å². The van der Waals surface area contributed by atoms with Crippen LogP contribution < -0.4 is 10.6 Å². The molecule has 0 aliphatic rings. The quantitative estimate of drug-likeness (QED) is 0.750. The summed E-state index contributed by atoms with van der Waals surface area (Å²) in [6.45, 7) is 5.60. The van der Waals surface area contributed by atoms with Crippen LogP contribution in [0.5, 0.6) is 0 Å². The average Bonchev–Trinajstić information content (AvgIpc) is 2.51. The van der Waals surface area contributed by atoms with Gasteiger partial charge in [-0.2, -0.15) is 0 Å². The molecule has 0 aliphatic carbocycles. The number of halogens is 1. The van der Waals surface area contributed by atoms with E-state index in [2.05, 4.69) is 23.6 Å². The van der Waals surface area contributed by atoms with Gasteiger partial charge in [-0.05, 0) is 67.8 Å². The van der Waals surface area contributed by atoms with Gasteiger partial charge in [0.05, 0.1) is 0 Å². The van der Waals surface area contributed by atoms with Crippen LogP contribution in [0.1, 0.15) is 23.1 Å². The van der Waals surface area contributed by atoms with Crippen molar-refractivity contribution in [3.05, 3.63) is 64.2 Å². The largest absolute Gasteiger partial charge is 0.326 e. The predicted molar refractivity (Wildman–Crippen MR) is 97.2 cm³/mol. The number of nitrogens with one attached hydrogen (secondary N) is 2. The molecule has 4 heteroatoms. The molecule has 1 amide bonds. The SMILES string of the molecule is Cc1ccc(NC(=O)CCNCCc2cccc(Cl)c2)cc1C. The fraction of sp³-hybridized carbons (Fsp3) is 0.316. The number of amides is 1. The van der Waals surface area contributed by atoms with E-state index in [1.807, 2.05) is 43.3 Å². The van der Waals surface area contributed by atoms with Crippen LogP contribution in [0.3, 0.4) is 0 Å². The Bertz CT molecular complexity index is 670. The predicted octanol–water partition coefficient (Wildman–Crippen LogP) is 4.12. The first-order valence-electron chi connectivity index (χ1n) is 7.87. The summed E-state index contributed by atoms with van der Waals surface area (Å²) in [5.41, 5.74) is 4.47. The van der Waals surface area contributed by atoms with E-state index in [1.165, 1.54) is 16.7 Å². The number of anilines is 1. The topological polar surface area (TPSA) is 41.1 Å². The Kier molecular flexibility index (Phi) is 6.63. The van der Waals surface area contributed by atoms with E-state index in [0.29, 0.717) is 13.0 Å². The van der Waals surface area contributed by atoms with Crippen molar-refractivity contribution in [2.75, 3.05) is 18.4 Å². The van der Waals surface area contributed by atoms with Gasteiger partial charge in [0.15, 0.2) is 0 Å². The molecule has 0 fully saturated rings. The molecule has 2 aromatic carbocycles. The minimum absolute atomic E-state index is 0.0310. The third-order valence-electron chi connectivity index (χ3n) is 3.80. The smallest absolute Gasteiger partial charge is 0.225 e. The van der Waals surface area contributed by atoms with Crippen LogP contribution in [0, 0.1) is 13.8 Å². The number of aryl methyl sites for hydroxylation is 2. The molecule has 0 unspecified atom stereocenters. The number of carbonyl (C=O) groups excluding carboxylic acids is 1. The summed E-state index contributed by atoms with van der Waals surface area (Å²) in [6, 6.07) is 13.8. The van der Waals surface area contributed by atoms with Gasteiger partial charge >= 0.3 is 0 Å². The lowest BCUT2D eigenvalue weighted by atomic mass is 10.1. The molecule has 2 rings (SSSR count). The van der Waals surface area contributed by atoms with Crippen molar-refractivity contribution in [2.24, 2.45) is 0 Å². The Morgan fingerprint density at radius 3 is 2.61 bits per heavy atom. The maximum Gasteiger partial charge on any atom is 0.225 e. The van der Waals surface area contributed by atoms with Crippen LogP contribution in [0.4, 0.5) is 5.69 Å². The number of benzene rings is 2. The Balaban J connectivity index is 1.65. The molecule has 23 heavy (non-hydrogen) atoms. The highest BCUT2D eigenvalue weighted by atomic mass is 35.5. The number of hydrogen-bond acceptors (Lipinski definition) is 2. The van der Waals surface area contributed by atoms with Crippen LogP contribution in [0.2, 0.25) is 5.02 Å². The lowest BCUT2D eigenvalue weighted by molar-refractivity contribution is -0.116. The van der Waals surface area contributed by atoms with Gasteiger partial charge in [0.1, 0.15) is 0 Å². The first kappa shape index (κ1) is 17.5. The molecule has 0 bridgehead atoms. The highest BCUT2D eigenvalue weighted by Crippen LogP contribution is 2.14. The van der Waals surface area contributed by atoms with Crippen LogP contribution in [0.25, 0.3) is 0 Å². The van der Waals surface area contributed by atoms with E-state index in [1.54, 1.807) is 0 Å². The summed E-state index contributed by atoms with van der Waals surface area (Å²) >= 11 is 5.95. The maximum atomic E-state index is 11.9. The molecule has 0 aliphatic heterocycles. The van der Waals surface area contributed by atoms with Gasteiger partial charge < -0.3 is 10.6 Å². The molecule has 0 atom stereocenters. The number of rotatable bonds is 7. The monoisotopic (exact) mass is 330 g/mol. The van der Waals surface area contributed by atoms with E-state index in [9.17, 15) is 4.79 Å². The Morgan fingerprint density at radius 2 is 1.87 bits per heavy atom. The van der Waals surface area contributed by atoms with Crippen LogP contribution >= 0.6 is 11.6 Å². The Morgan fingerprint density at radius 1 is 1.04 bits per heavy atom. The molecule has 0 spiro atoms. The first-order valence-corrected chi connectivity index (χ1v) is 8.24. The van der Waals surface area contributed by atoms with Crippen molar-refractivity contribution in [3.63, 3.8) is 0 Å². The van der Waals surface area contributed by atoms with Gasteiger partial charge in [-0.15, -0.1) is 0 Å². The summed E-state index contributed by atoms with van der Waals surface area (Å²) < 4.78 is 0.